The van der Waals surface area contributed by atoms with E-state index < -0.39 is 0 Å². The number of fused-ring (bicyclic) bond motifs is 1. The number of hydrogen-bond acceptors (Lipinski definition) is 3. The molecule has 3 aromatic rings. The molecule has 1 fully saturated rings. The number of nitrogens with one attached hydrogen (secondary N) is 1. The van der Waals surface area contributed by atoms with Crippen molar-refractivity contribution >= 4 is 16.9 Å². The molecule has 0 unspecified atom stereocenters. The van der Waals surface area contributed by atoms with Crippen molar-refractivity contribution in [2.75, 3.05) is 0 Å². The molecule has 4 rings (SSSR count). The topological polar surface area (TPSA) is 56.2 Å². The van der Waals surface area contributed by atoms with Gasteiger partial charge in [-0.15, -0.1) is 0 Å². The maximum atomic E-state index is 12.5. The molecule has 2 aromatic carbocycles. The van der Waals surface area contributed by atoms with Gasteiger partial charge in [-0.25, -0.2) is 4.98 Å². The van der Waals surface area contributed by atoms with Crippen molar-refractivity contribution < 1.29 is 9.53 Å². The quantitative estimate of drug-likeness (QED) is 0.739. The van der Waals surface area contributed by atoms with Crippen LogP contribution < -0.4 is 10.1 Å². The third-order valence-corrected chi connectivity index (χ3v) is 5.26. The Morgan fingerprint density at radius 1 is 1.11 bits per heavy atom. The third-order valence-electron chi connectivity index (χ3n) is 5.26. The highest BCUT2D eigenvalue weighted by Crippen LogP contribution is 2.23. The summed E-state index contributed by atoms with van der Waals surface area (Å²) in [6.45, 7) is 0.393. The second-order valence-corrected chi connectivity index (χ2v) is 7.16. The predicted molar refractivity (Wildman–Crippen MR) is 106 cm³/mol. The SMILES string of the molecule is Cn1c(CNC(=O)c2ccc(OC3CCCCC3)cc2)nc2ccccc21. The average molecular weight is 363 g/mol. The lowest BCUT2D eigenvalue weighted by molar-refractivity contribution is 0.0949. The molecule has 1 aromatic heterocycles. The van der Waals surface area contributed by atoms with E-state index in [-0.39, 0.29) is 5.91 Å². The number of amides is 1. The van der Waals surface area contributed by atoms with Gasteiger partial charge in [-0.05, 0) is 62.1 Å². The smallest absolute Gasteiger partial charge is 0.251 e. The Kier molecular flexibility index (Phi) is 5.10. The van der Waals surface area contributed by atoms with E-state index in [1.807, 2.05) is 60.1 Å². The fourth-order valence-corrected chi connectivity index (χ4v) is 3.68. The van der Waals surface area contributed by atoms with E-state index in [4.69, 9.17) is 4.74 Å². The summed E-state index contributed by atoms with van der Waals surface area (Å²) in [6.07, 6.45) is 6.36. The number of benzene rings is 2. The summed E-state index contributed by atoms with van der Waals surface area (Å²) < 4.78 is 8.03. The van der Waals surface area contributed by atoms with Crippen LogP contribution in [0.4, 0.5) is 0 Å². The average Bonchev–Trinajstić information content (AvgIpc) is 3.03. The van der Waals surface area contributed by atoms with Crippen LogP contribution in [0.5, 0.6) is 5.75 Å². The monoisotopic (exact) mass is 363 g/mol. The van der Waals surface area contributed by atoms with Crippen molar-refractivity contribution in [3.63, 3.8) is 0 Å². The van der Waals surface area contributed by atoms with E-state index >= 15 is 0 Å². The Hall–Kier alpha value is -2.82. The Balaban J connectivity index is 1.37. The molecule has 0 radical (unpaired) electrons. The normalized spacial score (nSPS) is 15.0. The van der Waals surface area contributed by atoms with E-state index in [2.05, 4.69) is 10.3 Å². The van der Waals surface area contributed by atoms with Gasteiger partial charge < -0.3 is 14.6 Å². The molecule has 27 heavy (non-hydrogen) atoms. The molecule has 0 saturated heterocycles. The van der Waals surface area contributed by atoms with Crippen molar-refractivity contribution in [2.45, 2.75) is 44.8 Å². The molecule has 140 valence electrons. The highest BCUT2D eigenvalue weighted by atomic mass is 16.5. The lowest BCUT2D eigenvalue weighted by Crippen LogP contribution is -2.24. The molecule has 0 spiro atoms. The van der Waals surface area contributed by atoms with Gasteiger partial charge in [-0.2, -0.15) is 0 Å². The molecular weight excluding hydrogens is 338 g/mol. The predicted octanol–water partition coefficient (Wildman–Crippen LogP) is 4.21. The highest BCUT2D eigenvalue weighted by molar-refractivity contribution is 5.94. The summed E-state index contributed by atoms with van der Waals surface area (Å²) in [5.41, 5.74) is 2.63. The molecule has 5 nitrogen and oxygen atoms in total. The maximum absolute atomic E-state index is 12.5. The lowest BCUT2D eigenvalue weighted by atomic mass is 9.98. The van der Waals surface area contributed by atoms with Crippen LogP contribution in [0, 0.1) is 0 Å². The summed E-state index contributed by atoms with van der Waals surface area (Å²) in [6, 6.07) is 15.4. The summed E-state index contributed by atoms with van der Waals surface area (Å²) in [5.74, 6) is 1.57. The second-order valence-electron chi connectivity index (χ2n) is 7.16. The fraction of sp³-hybridized carbons (Fsp3) is 0.364. The van der Waals surface area contributed by atoms with E-state index in [1.54, 1.807) is 0 Å². The van der Waals surface area contributed by atoms with Crippen LogP contribution in [0.3, 0.4) is 0 Å². The second kappa shape index (κ2) is 7.82. The molecule has 1 saturated carbocycles. The summed E-state index contributed by atoms with van der Waals surface area (Å²) in [5, 5.41) is 2.95. The number of aromatic nitrogens is 2. The lowest BCUT2D eigenvalue weighted by Gasteiger charge is -2.23. The summed E-state index contributed by atoms with van der Waals surface area (Å²) in [7, 11) is 1.97. The molecule has 1 N–H and O–H groups in total. The first-order valence-electron chi connectivity index (χ1n) is 9.66. The molecule has 0 bridgehead atoms. The Bertz CT molecular complexity index is 924. The first-order valence-corrected chi connectivity index (χ1v) is 9.66. The van der Waals surface area contributed by atoms with E-state index in [0.717, 1.165) is 35.4 Å². The van der Waals surface area contributed by atoms with Crippen LogP contribution in [0.25, 0.3) is 11.0 Å². The zero-order valence-corrected chi connectivity index (χ0v) is 15.6. The molecule has 1 aliphatic carbocycles. The number of ether oxygens (including phenoxy) is 1. The van der Waals surface area contributed by atoms with Crippen LogP contribution >= 0.6 is 0 Å². The van der Waals surface area contributed by atoms with Crippen molar-refractivity contribution in [1.29, 1.82) is 0 Å². The fourth-order valence-electron chi connectivity index (χ4n) is 3.68. The minimum absolute atomic E-state index is 0.105. The van der Waals surface area contributed by atoms with Gasteiger partial charge in [0.2, 0.25) is 0 Å². The molecule has 1 aliphatic rings. The number of aryl methyl sites for hydroxylation is 1. The van der Waals surface area contributed by atoms with Crippen molar-refractivity contribution in [2.24, 2.45) is 7.05 Å². The Morgan fingerprint density at radius 3 is 2.59 bits per heavy atom. The van der Waals surface area contributed by atoms with Gasteiger partial charge in [0.1, 0.15) is 11.6 Å². The van der Waals surface area contributed by atoms with Gasteiger partial charge in [-0.3, -0.25) is 4.79 Å². The van der Waals surface area contributed by atoms with Crippen molar-refractivity contribution in [1.82, 2.24) is 14.9 Å². The van der Waals surface area contributed by atoms with Gasteiger partial charge >= 0.3 is 0 Å². The highest BCUT2D eigenvalue weighted by Gasteiger charge is 2.15. The zero-order chi connectivity index (χ0) is 18.6. The van der Waals surface area contributed by atoms with E-state index in [9.17, 15) is 4.79 Å². The van der Waals surface area contributed by atoms with Crippen LogP contribution in [0.15, 0.2) is 48.5 Å². The molecule has 1 amide bonds. The van der Waals surface area contributed by atoms with Gasteiger partial charge in [0.15, 0.2) is 0 Å². The minimum Gasteiger partial charge on any atom is -0.490 e. The van der Waals surface area contributed by atoms with Crippen LogP contribution in [-0.4, -0.2) is 21.6 Å². The number of carbonyl (C=O) groups is 1. The Labute approximate surface area is 159 Å². The van der Waals surface area contributed by atoms with Gasteiger partial charge in [0.05, 0.1) is 23.7 Å². The Morgan fingerprint density at radius 2 is 1.85 bits per heavy atom. The number of carbonyl (C=O) groups excluding carboxylic acids is 1. The number of imidazole rings is 1. The molecule has 0 atom stereocenters. The number of nitrogens with zero attached hydrogens (tertiary/aromatic N) is 2. The number of hydrogen-bond donors (Lipinski definition) is 1. The van der Waals surface area contributed by atoms with Crippen LogP contribution in [-0.2, 0) is 13.6 Å². The summed E-state index contributed by atoms with van der Waals surface area (Å²) >= 11 is 0. The molecule has 0 aliphatic heterocycles. The third kappa shape index (κ3) is 3.97. The molecule has 5 heteroatoms. The maximum Gasteiger partial charge on any atom is 0.251 e. The van der Waals surface area contributed by atoms with Gasteiger partial charge in [0, 0.05) is 12.6 Å². The van der Waals surface area contributed by atoms with Crippen molar-refractivity contribution in [3.8, 4) is 5.75 Å². The summed E-state index contributed by atoms with van der Waals surface area (Å²) in [4.78, 5) is 17.0. The van der Waals surface area contributed by atoms with Crippen molar-refractivity contribution in [3.05, 3.63) is 59.9 Å². The molecule has 1 heterocycles. The van der Waals surface area contributed by atoms with Gasteiger partial charge in [-0.1, -0.05) is 18.6 Å². The first-order chi connectivity index (χ1) is 13.2. The van der Waals surface area contributed by atoms with Gasteiger partial charge in [0.25, 0.3) is 5.91 Å². The van der Waals surface area contributed by atoms with Crippen LogP contribution in [0.1, 0.15) is 48.3 Å². The first kappa shape index (κ1) is 17.6. The largest absolute Gasteiger partial charge is 0.490 e. The van der Waals surface area contributed by atoms with E-state index in [0.29, 0.717) is 18.2 Å². The minimum atomic E-state index is -0.105. The number of rotatable bonds is 5. The standard InChI is InChI=1S/C22H25N3O2/c1-25-20-10-6-5-9-19(20)24-21(25)15-23-22(26)16-11-13-18(14-12-16)27-17-7-3-2-4-8-17/h5-6,9-14,17H,2-4,7-8,15H2,1H3,(H,23,26). The number of para-hydroxylation sites is 2. The zero-order valence-electron chi connectivity index (χ0n) is 15.6. The van der Waals surface area contributed by atoms with E-state index in [1.165, 1.54) is 19.3 Å². The molecular formula is C22H25N3O2. The van der Waals surface area contributed by atoms with Crippen LogP contribution in [0.2, 0.25) is 0 Å².